The van der Waals surface area contributed by atoms with Crippen LogP contribution in [0.3, 0.4) is 0 Å². The maximum absolute atomic E-state index is 14.2. The molecule has 3 heterocycles. The smallest absolute Gasteiger partial charge is 0.270 e. The number of benzene rings is 5. The fraction of sp³-hybridized carbons (Fsp3) is 0.0263. The molecule has 0 spiro atoms. The molecule has 0 atom stereocenters. The van der Waals surface area contributed by atoms with E-state index in [9.17, 15) is 4.79 Å². The molecule has 5 nitrogen and oxygen atoms in total. The third kappa shape index (κ3) is 3.93. The number of rotatable bonds is 4. The Labute approximate surface area is 248 Å². The molecule has 43 heavy (non-hydrogen) atoms. The first-order valence-electron chi connectivity index (χ1n) is 14.2. The molecule has 1 amide bonds. The molecule has 7 aromatic rings. The lowest BCUT2D eigenvalue weighted by Crippen LogP contribution is -2.23. The summed E-state index contributed by atoms with van der Waals surface area (Å²) in [5.41, 5.74) is 9.27. The molecule has 5 aromatic carbocycles. The molecule has 8 rings (SSSR count). The van der Waals surface area contributed by atoms with Crippen LogP contribution in [-0.4, -0.2) is 15.5 Å². The Kier molecular flexibility index (Phi) is 5.66. The normalized spacial score (nSPS) is 12.5. The first kappa shape index (κ1) is 24.8. The van der Waals surface area contributed by atoms with Gasteiger partial charge < -0.3 is 14.3 Å². The van der Waals surface area contributed by atoms with Gasteiger partial charge in [0, 0.05) is 22.0 Å². The molecule has 0 saturated carbocycles. The van der Waals surface area contributed by atoms with E-state index in [1.165, 1.54) is 0 Å². The van der Waals surface area contributed by atoms with E-state index in [0.29, 0.717) is 17.9 Å². The quantitative estimate of drug-likeness (QED) is 0.204. The number of nitrogens with zero attached hydrogens (tertiary/aromatic N) is 4. The van der Waals surface area contributed by atoms with Crippen LogP contribution in [0, 0.1) is 6.57 Å². The standard InChI is InChI=1S/C38H24N4O/c1-39-35-19-9-16-32(40-35)31-15-8-14-30-29-13-5-6-17-33(29)42(37(30)31)34-18-7-12-27-24-41(38(43)36(27)34)28-22-20-26(21-23-28)25-10-3-2-4-11-25/h2-23H,24H2. The minimum atomic E-state index is -0.0189. The van der Waals surface area contributed by atoms with E-state index in [1.807, 2.05) is 89.8 Å². The fourth-order valence-electron chi connectivity index (χ4n) is 6.31. The molecule has 0 aliphatic carbocycles. The first-order valence-corrected chi connectivity index (χ1v) is 14.2. The van der Waals surface area contributed by atoms with Crippen molar-refractivity contribution in [2.75, 3.05) is 4.90 Å². The third-order valence-electron chi connectivity index (χ3n) is 8.26. The van der Waals surface area contributed by atoms with Crippen molar-refractivity contribution >= 4 is 39.2 Å². The third-order valence-corrected chi connectivity index (χ3v) is 8.26. The summed E-state index contributed by atoms with van der Waals surface area (Å²) < 4.78 is 2.20. The van der Waals surface area contributed by atoms with Gasteiger partial charge >= 0.3 is 0 Å². The molecule has 0 N–H and O–H groups in total. The Morgan fingerprint density at radius 1 is 0.674 bits per heavy atom. The summed E-state index contributed by atoms with van der Waals surface area (Å²) in [6.45, 7) is 8.00. The molecule has 1 aliphatic rings. The molecule has 5 heteroatoms. The van der Waals surface area contributed by atoms with Crippen LogP contribution in [0.2, 0.25) is 0 Å². The number of amides is 1. The van der Waals surface area contributed by atoms with Gasteiger partial charge in [-0.1, -0.05) is 97.6 Å². The number of aromatic nitrogens is 2. The van der Waals surface area contributed by atoms with Crippen LogP contribution in [0.25, 0.3) is 54.7 Å². The minimum absolute atomic E-state index is 0.0189. The molecule has 202 valence electrons. The van der Waals surface area contributed by atoms with Gasteiger partial charge in [-0.2, -0.15) is 0 Å². The van der Waals surface area contributed by atoms with Crippen LogP contribution in [0.5, 0.6) is 0 Å². The number of hydrogen-bond donors (Lipinski definition) is 0. The van der Waals surface area contributed by atoms with Gasteiger partial charge in [0.1, 0.15) is 0 Å². The van der Waals surface area contributed by atoms with E-state index in [4.69, 9.17) is 6.57 Å². The second-order valence-electron chi connectivity index (χ2n) is 10.7. The van der Waals surface area contributed by atoms with Crippen molar-refractivity contribution in [3.05, 3.63) is 156 Å². The molecule has 0 unspecified atom stereocenters. The minimum Gasteiger partial charge on any atom is -0.361 e. The number of hydrogen-bond acceptors (Lipinski definition) is 2. The Morgan fingerprint density at radius 2 is 1.40 bits per heavy atom. The van der Waals surface area contributed by atoms with Crippen LogP contribution < -0.4 is 4.90 Å². The first-order chi connectivity index (χ1) is 21.2. The van der Waals surface area contributed by atoms with Crippen LogP contribution in [0.15, 0.2) is 133 Å². The van der Waals surface area contributed by atoms with Gasteiger partial charge in [0.05, 0.1) is 28.8 Å². The van der Waals surface area contributed by atoms with Gasteiger partial charge in [-0.25, -0.2) is 0 Å². The predicted molar refractivity (Wildman–Crippen MR) is 173 cm³/mol. The van der Waals surface area contributed by atoms with Gasteiger partial charge in [-0.05, 0) is 59.2 Å². The van der Waals surface area contributed by atoms with E-state index >= 15 is 0 Å². The van der Waals surface area contributed by atoms with Crippen molar-refractivity contribution in [1.82, 2.24) is 9.55 Å². The average Bonchev–Trinajstić information content (AvgIpc) is 3.60. The Morgan fingerprint density at radius 3 is 2.23 bits per heavy atom. The van der Waals surface area contributed by atoms with E-state index in [1.54, 1.807) is 6.07 Å². The summed E-state index contributed by atoms with van der Waals surface area (Å²) in [6, 6.07) is 44.6. The molecular weight excluding hydrogens is 528 g/mol. The maximum Gasteiger partial charge on any atom is 0.270 e. The highest BCUT2D eigenvalue weighted by atomic mass is 16.2. The number of fused-ring (bicyclic) bond motifs is 4. The average molecular weight is 553 g/mol. The highest BCUT2D eigenvalue weighted by Crippen LogP contribution is 2.41. The van der Waals surface area contributed by atoms with Crippen LogP contribution in [-0.2, 0) is 6.54 Å². The molecule has 0 radical (unpaired) electrons. The van der Waals surface area contributed by atoms with Gasteiger partial charge in [0.25, 0.3) is 11.7 Å². The highest BCUT2D eigenvalue weighted by molar-refractivity contribution is 6.17. The molecule has 1 aliphatic heterocycles. The number of para-hydroxylation sites is 2. The zero-order valence-corrected chi connectivity index (χ0v) is 23.1. The zero-order valence-electron chi connectivity index (χ0n) is 23.1. The van der Waals surface area contributed by atoms with E-state index in [2.05, 4.69) is 56.9 Å². The van der Waals surface area contributed by atoms with Gasteiger partial charge in [0.2, 0.25) is 0 Å². The lowest BCUT2D eigenvalue weighted by atomic mass is 10.0. The Balaban J connectivity index is 1.30. The number of anilines is 1. The predicted octanol–water partition coefficient (Wildman–Crippen LogP) is 9.22. The molecule has 2 aromatic heterocycles. The summed E-state index contributed by atoms with van der Waals surface area (Å²) in [7, 11) is 0. The monoisotopic (exact) mass is 552 g/mol. The van der Waals surface area contributed by atoms with Crippen molar-refractivity contribution in [3.63, 3.8) is 0 Å². The lowest BCUT2D eigenvalue weighted by Gasteiger charge is -2.17. The van der Waals surface area contributed by atoms with Crippen LogP contribution in [0.1, 0.15) is 15.9 Å². The van der Waals surface area contributed by atoms with E-state index in [0.717, 1.165) is 61.1 Å². The van der Waals surface area contributed by atoms with Crippen LogP contribution >= 0.6 is 0 Å². The van der Waals surface area contributed by atoms with Crippen molar-refractivity contribution in [2.45, 2.75) is 6.54 Å². The topological polar surface area (TPSA) is 42.5 Å². The summed E-state index contributed by atoms with van der Waals surface area (Å²) >= 11 is 0. The number of pyridine rings is 1. The van der Waals surface area contributed by atoms with Crippen molar-refractivity contribution < 1.29 is 4.79 Å². The fourth-order valence-corrected chi connectivity index (χ4v) is 6.31. The van der Waals surface area contributed by atoms with Crippen LogP contribution in [0.4, 0.5) is 11.5 Å². The summed E-state index contributed by atoms with van der Waals surface area (Å²) in [6.07, 6.45) is 0. The van der Waals surface area contributed by atoms with Gasteiger partial charge in [0.15, 0.2) is 5.69 Å². The highest BCUT2D eigenvalue weighted by Gasteiger charge is 2.32. The molecule has 0 fully saturated rings. The van der Waals surface area contributed by atoms with Crippen molar-refractivity contribution in [2.24, 2.45) is 0 Å². The largest absolute Gasteiger partial charge is 0.361 e. The van der Waals surface area contributed by atoms with Gasteiger partial charge in [-0.15, -0.1) is 4.98 Å². The van der Waals surface area contributed by atoms with Crippen molar-refractivity contribution in [1.29, 1.82) is 0 Å². The SMILES string of the molecule is [C-]#[N+]c1cccc(-c2cccc3c4ccccc4n(-c4cccc5c4C(=O)N(c4ccc(-c6ccccc6)cc4)C5)c23)n1. The lowest BCUT2D eigenvalue weighted by molar-refractivity contribution is 0.0996. The molecule has 0 saturated heterocycles. The Hall–Kier alpha value is -5.99. The summed E-state index contributed by atoms with van der Waals surface area (Å²) in [4.78, 5) is 24.3. The number of carbonyl (C=O) groups excluding carboxylic acids is 1. The maximum atomic E-state index is 14.2. The summed E-state index contributed by atoms with van der Waals surface area (Å²) in [5, 5.41) is 2.16. The van der Waals surface area contributed by atoms with E-state index < -0.39 is 0 Å². The second kappa shape index (κ2) is 9.83. The molecule has 0 bridgehead atoms. The Bertz CT molecular complexity index is 2240. The zero-order chi connectivity index (χ0) is 28.9. The van der Waals surface area contributed by atoms with E-state index in [-0.39, 0.29) is 5.91 Å². The number of carbonyl (C=O) groups is 1. The van der Waals surface area contributed by atoms with Crippen molar-refractivity contribution in [3.8, 4) is 28.1 Å². The molecular formula is C38H24N4O. The van der Waals surface area contributed by atoms with Gasteiger partial charge in [-0.3, -0.25) is 4.79 Å². The summed E-state index contributed by atoms with van der Waals surface area (Å²) in [5.74, 6) is 0.330. The second-order valence-corrected chi connectivity index (χ2v) is 10.7.